The molecule has 6 rings (SSSR count). The van der Waals surface area contributed by atoms with Crippen LogP contribution in [0.25, 0.3) is 39.5 Å². The fraction of sp³-hybridized carbons (Fsp3) is 0.261. The van der Waals surface area contributed by atoms with E-state index in [2.05, 4.69) is 19.5 Å². The van der Waals surface area contributed by atoms with Crippen LogP contribution < -0.4 is 0 Å². The van der Waals surface area contributed by atoms with Crippen LogP contribution >= 0.6 is 0 Å². The molecule has 0 amide bonds. The number of imidazole rings is 2. The second-order valence-electron chi connectivity index (χ2n) is 7.96. The maximum atomic E-state index is 13.9. The lowest BCUT2D eigenvalue weighted by Crippen LogP contribution is -2.20. The maximum absolute atomic E-state index is 13.9. The minimum atomic E-state index is -0.332. The molecular weight excluding hydrogens is 409 g/mol. The predicted molar refractivity (Wildman–Crippen MR) is 117 cm³/mol. The highest BCUT2D eigenvalue weighted by Gasteiger charge is 2.24. The van der Waals surface area contributed by atoms with Gasteiger partial charge >= 0.3 is 0 Å². The van der Waals surface area contributed by atoms with Gasteiger partial charge in [-0.15, -0.1) is 0 Å². The van der Waals surface area contributed by atoms with E-state index in [0.29, 0.717) is 35.7 Å². The molecule has 1 aliphatic heterocycles. The van der Waals surface area contributed by atoms with Crippen molar-refractivity contribution < 1.29 is 9.13 Å². The number of benzene rings is 1. The molecule has 9 heteroatoms. The standard InChI is InChI=1S/C23H20FN7O/c1-14-2-3-15(11-25-14)21-28-19-12-26-23(29-22(19)31(21)17-6-8-32-9-7-17)30-13-27-18-5-4-16(24)10-20(18)30/h2-5,10-13,17H,6-9H2,1H3. The highest BCUT2D eigenvalue weighted by molar-refractivity contribution is 5.79. The van der Waals surface area contributed by atoms with Crippen LogP contribution in [-0.4, -0.2) is 47.3 Å². The smallest absolute Gasteiger partial charge is 0.237 e. The molecule has 160 valence electrons. The van der Waals surface area contributed by atoms with E-state index in [4.69, 9.17) is 14.7 Å². The summed E-state index contributed by atoms with van der Waals surface area (Å²) in [5.74, 6) is 0.904. The van der Waals surface area contributed by atoms with Gasteiger partial charge in [0.2, 0.25) is 5.95 Å². The van der Waals surface area contributed by atoms with Crippen molar-refractivity contribution in [3.63, 3.8) is 0 Å². The van der Waals surface area contributed by atoms with E-state index >= 15 is 0 Å². The molecule has 4 aromatic heterocycles. The average Bonchev–Trinajstić information content (AvgIpc) is 3.41. The second-order valence-corrected chi connectivity index (χ2v) is 7.96. The summed E-state index contributed by atoms with van der Waals surface area (Å²) >= 11 is 0. The van der Waals surface area contributed by atoms with Crippen LogP contribution in [0.3, 0.4) is 0 Å². The number of rotatable bonds is 3. The minimum Gasteiger partial charge on any atom is -0.381 e. The number of pyridine rings is 1. The van der Waals surface area contributed by atoms with Crippen molar-refractivity contribution in [3.05, 3.63) is 60.6 Å². The van der Waals surface area contributed by atoms with E-state index in [1.165, 1.54) is 12.1 Å². The molecular formula is C23H20FN7O. The Bertz CT molecular complexity index is 1430. The molecule has 0 bridgehead atoms. The van der Waals surface area contributed by atoms with Crippen molar-refractivity contribution in [2.45, 2.75) is 25.8 Å². The van der Waals surface area contributed by atoms with Gasteiger partial charge in [-0.05, 0) is 44.0 Å². The third-order valence-electron chi connectivity index (χ3n) is 5.87. The van der Waals surface area contributed by atoms with E-state index in [0.717, 1.165) is 35.6 Å². The Morgan fingerprint density at radius 3 is 2.66 bits per heavy atom. The average molecular weight is 429 g/mol. The molecule has 0 atom stereocenters. The van der Waals surface area contributed by atoms with Crippen molar-refractivity contribution in [2.24, 2.45) is 0 Å². The topological polar surface area (TPSA) is 83.5 Å². The first-order chi connectivity index (χ1) is 15.7. The van der Waals surface area contributed by atoms with E-state index in [1.54, 1.807) is 23.2 Å². The fourth-order valence-corrected chi connectivity index (χ4v) is 4.23. The first-order valence-electron chi connectivity index (χ1n) is 10.6. The summed E-state index contributed by atoms with van der Waals surface area (Å²) in [5.41, 5.74) is 4.60. The van der Waals surface area contributed by atoms with E-state index in [-0.39, 0.29) is 11.9 Å². The molecule has 5 aromatic rings. The molecule has 0 N–H and O–H groups in total. The van der Waals surface area contributed by atoms with Gasteiger partial charge < -0.3 is 9.30 Å². The Morgan fingerprint density at radius 1 is 0.969 bits per heavy atom. The molecule has 1 saturated heterocycles. The Kier molecular flexibility index (Phi) is 4.43. The molecule has 0 aliphatic carbocycles. The number of hydrogen-bond donors (Lipinski definition) is 0. The lowest BCUT2D eigenvalue weighted by atomic mass is 10.1. The van der Waals surface area contributed by atoms with Crippen LogP contribution in [0.1, 0.15) is 24.6 Å². The Labute approximate surface area is 182 Å². The molecule has 5 heterocycles. The highest BCUT2D eigenvalue weighted by atomic mass is 19.1. The van der Waals surface area contributed by atoms with Gasteiger partial charge in [0, 0.05) is 42.8 Å². The zero-order chi connectivity index (χ0) is 21.7. The Hall–Kier alpha value is -3.72. The summed E-state index contributed by atoms with van der Waals surface area (Å²) in [7, 11) is 0. The van der Waals surface area contributed by atoms with E-state index in [9.17, 15) is 4.39 Å². The van der Waals surface area contributed by atoms with Gasteiger partial charge in [0.25, 0.3) is 0 Å². The molecule has 32 heavy (non-hydrogen) atoms. The van der Waals surface area contributed by atoms with Gasteiger partial charge in [0.1, 0.15) is 23.5 Å². The number of ether oxygens (including phenoxy) is 1. The SMILES string of the molecule is Cc1ccc(-c2nc3cnc(-n4cnc5ccc(F)cc54)nc3n2C2CCOCC2)cn1. The summed E-state index contributed by atoms with van der Waals surface area (Å²) in [4.78, 5) is 23.0. The highest BCUT2D eigenvalue weighted by Crippen LogP contribution is 2.32. The first-order valence-corrected chi connectivity index (χ1v) is 10.6. The summed E-state index contributed by atoms with van der Waals surface area (Å²) < 4.78 is 23.3. The third kappa shape index (κ3) is 3.13. The first kappa shape index (κ1) is 19.0. The summed E-state index contributed by atoms with van der Waals surface area (Å²) in [5, 5.41) is 0. The monoisotopic (exact) mass is 429 g/mol. The molecule has 0 unspecified atom stereocenters. The van der Waals surface area contributed by atoms with Crippen molar-refractivity contribution in [1.29, 1.82) is 0 Å². The van der Waals surface area contributed by atoms with Crippen molar-refractivity contribution in [2.75, 3.05) is 13.2 Å². The van der Waals surface area contributed by atoms with Crippen LogP contribution in [-0.2, 0) is 4.74 Å². The predicted octanol–water partition coefficient (Wildman–Crippen LogP) is 4.03. The maximum Gasteiger partial charge on any atom is 0.237 e. The number of aryl methyl sites for hydroxylation is 1. The number of nitrogens with zero attached hydrogens (tertiary/aromatic N) is 7. The lowest BCUT2D eigenvalue weighted by molar-refractivity contribution is 0.0708. The lowest BCUT2D eigenvalue weighted by Gasteiger charge is -2.25. The fourth-order valence-electron chi connectivity index (χ4n) is 4.23. The zero-order valence-electron chi connectivity index (χ0n) is 17.4. The van der Waals surface area contributed by atoms with Crippen molar-refractivity contribution >= 4 is 22.2 Å². The minimum absolute atomic E-state index is 0.199. The van der Waals surface area contributed by atoms with Crippen LogP contribution in [0, 0.1) is 12.7 Å². The molecule has 0 radical (unpaired) electrons. The second kappa shape index (κ2) is 7.45. The van der Waals surface area contributed by atoms with Crippen LogP contribution in [0.5, 0.6) is 0 Å². The normalized spacial score (nSPS) is 15.1. The molecule has 0 saturated carbocycles. The number of fused-ring (bicyclic) bond motifs is 2. The molecule has 8 nitrogen and oxygen atoms in total. The molecule has 0 spiro atoms. The van der Waals surface area contributed by atoms with Gasteiger partial charge in [-0.1, -0.05) is 0 Å². The third-order valence-corrected chi connectivity index (χ3v) is 5.87. The Balaban J connectivity index is 1.56. The number of aromatic nitrogens is 7. The number of hydrogen-bond acceptors (Lipinski definition) is 6. The summed E-state index contributed by atoms with van der Waals surface area (Å²) in [6.07, 6.45) is 6.91. The van der Waals surface area contributed by atoms with E-state index < -0.39 is 0 Å². The van der Waals surface area contributed by atoms with Gasteiger partial charge in [-0.2, -0.15) is 4.98 Å². The molecule has 1 aliphatic rings. The van der Waals surface area contributed by atoms with Gasteiger partial charge in [0.15, 0.2) is 5.65 Å². The Morgan fingerprint density at radius 2 is 1.84 bits per heavy atom. The summed E-state index contributed by atoms with van der Waals surface area (Å²) in [6, 6.07) is 8.69. The number of halogens is 1. The largest absolute Gasteiger partial charge is 0.381 e. The molecule has 1 fully saturated rings. The molecule has 1 aromatic carbocycles. The van der Waals surface area contributed by atoms with Gasteiger partial charge in [-0.25, -0.2) is 19.3 Å². The van der Waals surface area contributed by atoms with Crippen LogP contribution in [0.4, 0.5) is 4.39 Å². The van der Waals surface area contributed by atoms with Gasteiger partial charge in [0.05, 0.1) is 17.2 Å². The van der Waals surface area contributed by atoms with E-state index in [1.807, 2.05) is 25.3 Å². The van der Waals surface area contributed by atoms with Gasteiger partial charge in [-0.3, -0.25) is 9.55 Å². The quantitative estimate of drug-likeness (QED) is 0.431. The van der Waals surface area contributed by atoms with Crippen LogP contribution in [0.15, 0.2) is 49.1 Å². The summed E-state index contributed by atoms with van der Waals surface area (Å²) in [6.45, 7) is 3.35. The van der Waals surface area contributed by atoms with Crippen LogP contribution in [0.2, 0.25) is 0 Å². The zero-order valence-corrected chi connectivity index (χ0v) is 17.4. The van der Waals surface area contributed by atoms with Crippen molar-refractivity contribution in [1.82, 2.24) is 34.1 Å². The van der Waals surface area contributed by atoms with Crippen molar-refractivity contribution in [3.8, 4) is 17.3 Å².